The predicted octanol–water partition coefficient (Wildman–Crippen LogP) is 5.56. The Morgan fingerprint density at radius 2 is 1.88 bits per heavy atom. The van der Waals surface area contributed by atoms with Crippen molar-refractivity contribution < 1.29 is 13.9 Å². The molecule has 0 fully saturated rings. The molecule has 1 N–H and O–H groups in total. The minimum Gasteiger partial charge on any atom is -0.508 e. The molecule has 5 aromatic rings. The van der Waals surface area contributed by atoms with Gasteiger partial charge < -0.3 is 13.9 Å². The molecule has 7 nitrogen and oxygen atoms in total. The van der Waals surface area contributed by atoms with Crippen LogP contribution in [0.25, 0.3) is 22.4 Å². The summed E-state index contributed by atoms with van der Waals surface area (Å²) in [5.74, 6) is 2.13. The Morgan fingerprint density at radius 3 is 2.62 bits per heavy atom. The fourth-order valence-corrected chi connectivity index (χ4v) is 4.90. The number of hydrogen-bond acceptors (Lipinski definition) is 7. The van der Waals surface area contributed by atoms with Gasteiger partial charge in [0.25, 0.3) is 0 Å². The van der Waals surface area contributed by atoms with Crippen molar-refractivity contribution in [2.75, 3.05) is 0 Å². The second-order valence-corrected chi connectivity index (χ2v) is 8.92. The number of benzene rings is 2. The lowest BCUT2D eigenvalue weighted by molar-refractivity contribution is 0.466. The van der Waals surface area contributed by atoms with Crippen LogP contribution in [0.4, 0.5) is 0 Å². The molecule has 0 spiro atoms. The molecular weight excluding hydrogens is 450 g/mol. The number of hydrogen-bond donors (Lipinski definition) is 1. The highest BCUT2D eigenvalue weighted by atomic mass is 32.2. The molecule has 2 aromatic carbocycles. The van der Waals surface area contributed by atoms with E-state index in [-0.39, 0.29) is 5.75 Å². The molecule has 5 rings (SSSR count). The number of aromatic nitrogens is 3. The fourth-order valence-electron chi connectivity index (χ4n) is 3.97. The summed E-state index contributed by atoms with van der Waals surface area (Å²) >= 11 is 1.50. The number of fused-ring (bicyclic) bond motifs is 1. The van der Waals surface area contributed by atoms with E-state index in [0.717, 1.165) is 44.4 Å². The maximum absolute atomic E-state index is 12.2. The Morgan fingerprint density at radius 1 is 1.06 bits per heavy atom. The van der Waals surface area contributed by atoms with Gasteiger partial charge in [-0.05, 0) is 42.2 Å². The Balaban J connectivity index is 1.53. The van der Waals surface area contributed by atoms with E-state index in [1.165, 1.54) is 23.9 Å². The standard InChI is InChI=1S/C26H23N3O4S/c1-3-18-11-21-19(12-24(31)33-23(21)13-22(18)30)15-34-26-28-27-25(20-9-10-32-16(20)2)29(26)14-17-7-5-4-6-8-17/h4-13,30H,3,14-15H2,1-2H3. The summed E-state index contributed by atoms with van der Waals surface area (Å²) in [5, 5.41) is 20.7. The molecule has 172 valence electrons. The molecule has 0 aliphatic rings. The molecule has 0 saturated heterocycles. The van der Waals surface area contributed by atoms with Gasteiger partial charge in [-0.1, -0.05) is 49.0 Å². The molecule has 8 heteroatoms. The Labute approximate surface area is 200 Å². The molecule has 0 amide bonds. The number of rotatable bonds is 7. The molecule has 3 heterocycles. The van der Waals surface area contributed by atoms with Crippen molar-refractivity contribution in [3.8, 4) is 17.1 Å². The van der Waals surface area contributed by atoms with Crippen molar-refractivity contribution in [2.45, 2.75) is 37.7 Å². The first kappa shape index (κ1) is 22.0. The van der Waals surface area contributed by atoms with Crippen LogP contribution < -0.4 is 5.63 Å². The molecule has 0 radical (unpaired) electrons. The minimum atomic E-state index is -0.452. The van der Waals surface area contributed by atoms with Gasteiger partial charge in [-0.3, -0.25) is 4.57 Å². The highest BCUT2D eigenvalue weighted by Crippen LogP contribution is 2.32. The van der Waals surface area contributed by atoms with Crippen molar-refractivity contribution in [1.29, 1.82) is 0 Å². The largest absolute Gasteiger partial charge is 0.508 e. The van der Waals surface area contributed by atoms with E-state index >= 15 is 0 Å². The molecule has 34 heavy (non-hydrogen) atoms. The average molecular weight is 474 g/mol. The van der Waals surface area contributed by atoms with Gasteiger partial charge in [-0.15, -0.1) is 10.2 Å². The molecule has 3 aromatic heterocycles. The van der Waals surface area contributed by atoms with Gasteiger partial charge >= 0.3 is 5.63 Å². The zero-order valence-electron chi connectivity index (χ0n) is 18.8. The first-order chi connectivity index (χ1) is 16.5. The average Bonchev–Trinajstić information content (AvgIpc) is 3.43. The Kier molecular flexibility index (Phi) is 5.98. The van der Waals surface area contributed by atoms with E-state index in [2.05, 4.69) is 26.9 Å². The highest BCUT2D eigenvalue weighted by molar-refractivity contribution is 7.98. The number of thioether (sulfide) groups is 1. The quantitative estimate of drug-likeness (QED) is 0.244. The predicted molar refractivity (Wildman–Crippen MR) is 131 cm³/mol. The molecule has 0 aliphatic carbocycles. The number of aromatic hydroxyl groups is 1. The number of furan rings is 1. The topological polar surface area (TPSA) is 94.3 Å². The van der Waals surface area contributed by atoms with Gasteiger partial charge in [0.1, 0.15) is 17.1 Å². The van der Waals surface area contributed by atoms with Crippen LogP contribution >= 0.6 is 11.8 Å². The van der Waals surface area contributed by atoms with Crippen LogP contribution in [0.5, 0.6) is 5.75 Å². The van der Waals surface area contributed by atoms with E-state index in [1.54, 1.807) is 6.26 Å². The summed E-state index contributed by atoms with van der Waals surface area (Å²) < 4.78 is 12.9. The summed E-state index contributed by atoms with van der Waals surface area (Å²) in [6, 6.07) is 16.9. The number of nitrogens with zero attached hydrogens (tertiary/aromatic N) is 3. The zero-order chi connectivity index (χ0) is 23.7. The number of phenols is 1. The van der Waals surface area contributed by atoms with Gasteiger partial charge in [0, 0.05) is 23.3 Å². The molecule has 0 unspecified atom stereocenters. The van der Waals surface area contributed by atoms with Crippen LogP contribution in [0.2, 0.25) is 0 Å². The summed E-state index contributed by atoms with van der Waals surface area (Å²) in [6.07, 6.45) is 2.32. The lowest BCUT2D eigenvalue weighted by Gasteiger charge is -2.11. The van der Waals surface area contributed by atoms with E-state index in [0.29, 0.717) is 24.3 Å². The van der Waals surface area contributed by atoms with Crippen LogP contribution in [0.3, 0.4) is 0 Å². The minimum absolute atomic E-state index is 0.130. The first-order valence-corrected chi connectivity index (χ1v) is 11.9. The van der Waals surface area contributed by atoms with Gasteiger partial charge in [0.2, 0.25) is 0 Å². The third kappa shape index (κ3) is 4.24. The van der Waals surface area contributed by atoms with E-state index in [4.69, 9.17) is 8.83 Å². The summed E-state index contributed by atoms with van der Waals surface area (Å²) in [7, 11) is 0. The maximum atomic E-state index is 12.2. The van der Waals surface area contributed by atoms with E-state index in [1.807, 2.05) is 44.2 Å². The van der Waals surface area contributed by atoms with Crippen molar-refractivity contribution >= 4 is 22.7 Å². The maximum Gasteiger partial charge on any atom is 0.336 e. The van der Waals surface area contributed by atoms with Crippen molar-refractivity contribution in [3.63, 3.8) is 0 Å². The van der Waals surface area contributed by atoms with Gasteiger partial charge in [0.05, 0.1) is 18.4 Å². The lowest BCUT2D eigenvalue weighted by atomic mass is 10.1. The second-order valence-electron chi connectivity index (χ2n) is 7.98. The van der Waals surface area contributed by atoms with Crippen LogP contribution in [-0.2, 0) is 18.7 Å². The normalized spacial score (nSPS) is 11.4. The van der Waals surface area contributed by atoms with Gasteiger partial charge in [-0.25, -0.2) is 4.79 Å². The van der Waals surface area contributed by atoms with Gasteiger partial charge in [0.15, 0.2) is 11.0 Å². The SMILES string of the molecule is CCc1cc2c(CSc3nnc(-c4ccoc4C)n3Cc3ccccc3)cc(=O)oc2cc1O. The van der Waals surface area contributed by atoms with Crippen molar-refractivity contribution in [2.24, 2.45) is 0 Å². The van der Waals surface area contributed by atoms with Crippen molar-refractivity contribution in [1.82, 2.24) is 14.8 Å². The monoisotopic (exact) mass is 473 g/mol. The summed E-state index contributed by atoms with van der Waals surface area (Å²) in [4.78, 5) is 12.2. The number of aryl methyl sites for hydroxylation is 2. The van der Waals surface area contributed by atoms with Gasteiger partial charge in [-0.2, -0.15) is 0 Å². The van der Waals surface area contributed by atoms with Crippen LogP contribution in [0, 0.1) is 6.92 Å². The highest BCUT2D eigenvalue weighted by Gasteiger charge is 2.19. The van der Waals surface area contributed by atoms with Crippen molar-refractivity contribution in [3.05, 3.63) is 93.7 Å². The molecule has 0 bridgehead atoms. The first-order valence-electron chi connectivity index (χ1n) is 11.0. The summed E-state index contributed by atoms with van der Waals surface area (Å²) in [5.41, 5.74) is 3.56. The Bertz CT molecular complexity index is 1520. The van der Waals surface area contributed by atoms with Crippen LogP contribution in [0.1, 0.15) is 29.4 Å². The fraction of sp³-hybridized carbons (Fsp3) is 0.192. The summed E-state index contributed by atoms with van der Waals surface area (Å²) in [6.45, 7) is 4.47. The third-order valence-corrected chi connectivity index (χ3v) is 6.78. The Hall–Kier alpha value is -3.78. The molecule has 0 atom stereocenters. The van der Waals surface area contributed by atoms with E-state index < -0.39 is 5.63 Å². The zero-order valence-corrected chi connectivity index (χ0v) is 19.6. The van der Waals surface area contributed by atoms with E-state index in [9.17, 15) is 9.90 Å². The molecular formula is C26H23N3O4S. The smallest absolute Gasteiger partial charge is 0.336 e. The van der Waals surface area contributed by atoms with Crippen LogP contribution in [0.15, 0.2) is 79.6 Å². The number of phenolic OH excluding ortho intramolecular Hbond substituents is 1. The lowest BCUT2D eigenvalue weighted by Crippen LogP contribution is -2.05. The molecule has 0 saturated carbocycles. The molecule has 0 aliphatic heterocycles. The second kappa shape index (κ2) is 9.23. The van der Waals surface area contributed by atoms with Crippen LogP contribution in [-0.4, -0.2) is 19.9 Å². The third-order valence-electron chi connectivity index (χ3n) is 5.77.